The zero-order valence-electron chi connectivity index (χ0n) is 18.8. The molecule has 31 heavy (non-hydrogen) atoms. The van der Waals surface area contributed by atoms with Crippen molar-refractivity contribution >= 4 is 29.9 Å². The van der Waals surface area contributed by atoms with Crippen molar-refractivity contribution in [3.05, 3.63) is 35.9 Å². The third-order valence-corrected chi connectivity index (χ3v) is 6.79. The predicted octanol–water partition coefficient (Wildman–Crippen LogP) is 3.41. The number of rotatable bonds is 9. The van der Waals surface area contributed by atoms with Crippen LogP contribution >= 0.6 is 24.0 Å². The zero-order valence-corrected chi connectivity index (χ0v) is 21.1. The predicted molar refractivity (Wildman–Crippen MR) is 136 cm³/mol. The van der Waals surface area contributed by atoms with Crippen molar-refractivity contribution < 1.29 is 9.47 Å². The quantitative estimate of drug-likeness (QED) is 0.217. The fourth-order valence-corrected chi connectivity index (χ4v) is 5.18. The number of fused-ring (bicyclic) bond motifs is 2. The molecule has 1 aromatic carbocycles. The second-order valence-electron chi connectivity index (χ2n) is 9.01. The molecule has 3 unspecified atom stereocenters. The lowest BCUT2D eigenvalue weighted by atomic mass is 9.96. The summed E-state index contributed by atoms with van der Waals surface area (Å²) in [7, 11) is 1.87. The molecule has 3 fully saturated rings. The van der Waals surface area contributed by atoms with Crippen LogP contribution in [0.5, 0.6) is 0 Å². The number of guanidine groups is 1. The van der Waals surface area contributed by atoms with Gasteiger partial charge in [0.1, 0.15) is 0 Å². The smallest absolute Gasteiger partial charge is 0.191 e. The standard InChI is InChI=1S/C24H38N4O2.HI/c1-25-24(26-11-5-12-29-17-20-10-13-30-18-20)27-21-14-22-8-9-23(15-21)28(22)16-19-6-3-2-4-7-19;/h2-4,6-7,20-23H,5,8-18H2,1H3,(H2,25,26,27);1H. The van der Waals surface area contributed by atoms with E-state index >= 15 is 0 Å². The third kappa shape index (κ3) is 7.30. The van der Waals surface area contributed by atoms with Crippen molar-refractivity contribution in [1.82, 2.24) is 15.5 Å². The minimum absolute atomic E-state index is 0. The molecule has 0 radical (unpaired) electrons. The average molecular weight is 543 g/mol. The summed E-state index contributed by atoms with van der Waals surface area (Å²) >= 11 is 0. The van der Waals surface area contributed by atoms with E-state index in [-0.39, 0.29) is 24.0 Å². The summed E-state index contributed by atoms with van der Waals surface area (Å²) < 4.78 is 11.2. The average Bonchev–Trinajstić information content (AvgIpc) is 3.36. The molecule has 2 N–H and O–H groups in total. The maximum Gasteiger partial charge on any atom is 0.191 e. The molecule has 0 aromatic heterocycles. The summed E-state index contributed by atoms with van der Waals surface area (Å²) in [4.78, 5) is 7.18. The highest BCUT2D eigenvalue weighted by Gasteiger charge is 2.40. The van der Waals surface area contributed by atoms with Gasteiger partial charge in [0.15, 0.2) is 5.96 Å². The van der Waals surface area contributed by atoms with Crippen molar-refractivity contribution in [1.29, 1.82) is 0 Å². The number of nitrogens with one attached hydrogen (secondary N) is 2. The summed E-state index contributed by atoms with van der Waals surface area (Å²) in [5, 5.41) is 7.15. The minimum atomic E-state index is 0. The van der Waals surface area contributed by atoms with Crippen LogP contribution in [0.15, 0.2) is 35.3 Å². The van der Waals surface area contributed by atoms with Gasteiger partial charge < -0.3 is 20.1 Å². The summed E-state index contributed by atoms with van der Waals surface area (Å²) in [5.41, 5.74) is 1.43. The molecule has 1 aromatic rings. The van der Waals surface area contributed by atoms with Gasteiger partial charge in [0, 0.05) is 57.4 Å². The van der Waals surface area contributed by atoms with Gasteiger partial charge in [0.2, 0.25) is 0 Å². The molecule has 174 valence electrons. The van der Waals surface area contributed by atoms with Gasteiger partial charge >= 0.3 is 0 Å². The number of nitrogens with zero attached hydrogens (tertiary/aromatic N) is 2. The highest BCUT2D eigenvalue weighted by atomic mass is 127. The Labute approximate surface area is 204 Å². The lowest BCUT2D eigenvalue weighted by Gasteiger charge is -2.39. The van der Waals surface area contributed by atoms with Crippen LogP contribution in [0.1, 0.15) is 44.1 Å². The van der Waals surface area contributed by atoms with Gasteiger partial charge in [-0.1, -0.05) is 30.3 Å². The van der Waals surface area contributed by atoms with E-state index in [2.05, 4.69) is 50.9 Å². The van der Waals surface area contributed by atoms with Gasteiger partial charge in [-0.05, 0) is 44.1 Å². The monoisotopic (exact) mass is 542 g/mol. The third-order valence-electron chi connectivity index (χ3n) is 6.79. The lowest BCUT2D eigenvalue weighted by Crippen LogP contribution is -2.52. The zero-order chi connectivity index (χ0) is 20.6. The summed E-state index contributed by atoms with van der Waals surface area (Å²) in [5.74, 6) is 1.52. The number of hydrogen-bond donors (Lipinski definition) is 2. The number of hydrogen-bond acceptors (Lipinski definition) is 4. The first-order valence-electron chi connectivity index (χ1n) is 11.7. The highest BCUT2D eigenvalue weighted by Crippen LogP contribution is 2.36. The van der Waals surface area contributed by atoms with E-state index in [1.165, 1.54) is 31.2 Å². The largest absolute Gasteiger partial charge is 0.381 e. The van der Waals surface area contributed by atoms with E-state index in [9.17, 15) is 0 Å². The van der Waals surface area contributed by atoms with Crippen LogP contribution in [0.4, 0.5) is 0 Å². The van der Waals surface area contributed by atoms with Gasteiger partial charge in [0.25, 0.3) is 0 Å². The molecule has 3 atom stereocenters. The molecule has 0 amide bonds. The Bertz CT molecular complexity index is 655. The molecule has 7 heteroatoms. The van der Waals surface area contributed by atoms with Crippen molar-refractivity contribution in [2.24, 2.45) is 10.9 Å². The molecule has 4 rings (SSSR count). The molecular weight excluding hydrogens is 503 g/mol. The van der Waals surface area contributed by atoms with E-state index in [4.69, 9.17) is 9.47 Å². The van der Waals surface area contributed by atoms with Crippen LogP contribution in [0, 0.1) is 5.92 Å². The van der Waals surface area contributed by atoms with Crippen molar-refractivity contribution in [3.63, 3.8) is 0 Å². The van der Waals surface area contributed by atoms with Gasteiger partial charge in [-0.25, -0.2) is 0 Å². The van der Waals surface area contributed by atoms with Crippen molar-refractivity contribution in [2.75, 3.05) is 40.0 Å². The topological polar surface area (TPSA) is 58.1 Å². The van der Waals surface area contributed by atoms with E-state index < -0.39 is 0 Å². The van der Waals surface area contributed by atoms with Gasteiger partial charge in [0.05, 0.1) is 13.2 Å². The summed E-state index contributed by atoms with van der Waals surface area (Å²) in [6, 6.07) is 12.8. The second-order valence-corrected chi connectivity index (χ2v) is 9.01. The number of ether oxygens (including phenoxy) is 2. The van der Waals surface area contributed by atoms with Crippen molar-refractivity contribution in [3.8, 4) is 0 Å². The Balaban J connectivity index is 0.00000272. The van der Waals surface area contributed by atoms with Crippen LogP contribution in [0.25, 0.3) is 0 Å². The number of halogens is 1. The summed E-state index contributed by atoms with van der Waals surface area (Å²) in [6.45, 7) is 5.36. The maximum atomic E-state index is 5.79. The van der Waals surface area contributed by atoms with Gasteiger partial charge in [-0.15, -0.1) is 24.0 Å². The fourth-order valence-electron chi connectivity index (χ4n) is 5.18. The Morgan fingerprint density at radius 1 is 1.16 bits per heavy atom. The van der Waals surface area contributed by atoms with Crippen LogP contribution in [0.2, 0.25) is 0 Å². The Morgan fingerprint density at radius 2 is 1.94 bits per heavy atom. The normalized spacial score (nSPS) is 28.4. The second kappa shape index (κ2) is 13.0. The molecule has 3 heterocycles. The number of aliphatic imine (C=N–C) groups is 1. The molecule has 3 aliphatic heterocycles. The van der Waals surface area contributed by atoms with Gasteiger partial charge in [-0.3, -0.25) is 9.89 Å². The van der Waals surface area contributed by atoms with E-state index in [1.807, 2.05) is 7.05 Å². The van der Waals surface area contributed by atoms with Crippen LogP contribution < -0.4 is 10.6 Å². The number of benzene rings is 1. The van der Waals surface area contributed by atoms with Gasteiger partial charge in [-0.2, -0.15) is 0 Å². The first-order chi connectivity index (χ1) is 14.8. The van der Waals surface area contributed by atoms with E-state index in [0.29, 0.717) is 24.0 Å². The van der Waals surface area contributed by atoms with Crippen LogP contribution in [-0.2, 0) is 16.0 Å². The summed E-state index contributed by atoms with van der Waals surface area (Å²) in [6.07, 6.45) is 7.19. The van der Waals surface area contributed by atoms with Crippen LogP contribution in [0.3, 0.4) is 0 Å². The Kier molecular flexibility index (Phi) is 10.3. The minimum Gasteiger partial charge on any atom is -0.381 e. The first-order valence-corrected chi connectivity index (χ1v) is 11.7. The van der Waals surface area contributed by atoms with E-state index in [0.717, 1.165) is 58.3 Å². The Hall–Kier alpha value is -0.900. The van der Waals surface area contributed by atoms with Crippen molar-refractivity contribution in [2.45, 2.75) is 63.2 Å². The first kappa shape index (κ1) is 24.7. The molecule has 6 nitrogen and oxygen atoms in total. The Morgan fingerprint density at radius 3 is 2.61 bits per heavy atom. The highest BCUT2D eigenvalue weighted by molar-refractivity contribution is 14.0. The number of piperidine rings is 1. The molecule has 0 aliphatic carbocycles. The molecule has 3 saturated heterocycles. The van der Waals surface area contributed by atoms with Crippen LogP contribution in [-0.4, -0.2) is 69.0 Å². The molecule has 3 aliphatic rings. The molecule has 0 saturated carbocycles. The molecular formula is C24H39IN4O2. The molecule has 0 spiro atoms. The molecule has 2 bridgehead atoms. The van der Waals surface area contributed by atoms with E-state index in [1.54, 1.807) is 0 Å². The fraction of sp³-hybridized carbons (Fsp3) is 0.708. The SMILES string of the molecule is CN=C(NCCCOCC1CCOC1)NC1CC2CCC(C1)N2Cc1ccccc1.I. The maximum absolute atomic E-state index is 5.79. The lowest BCUT2D eigenvalue weighted by molar-refractivity contribution is 0.0887.